The summed E-state index contributed by atoms with van der Waals surface area (Å²) in [6.07, 6.45) is 8.13. The van der Waals surface area contributed by atoms with E-state index in [2.05, 4.69) is 14.9 Å². The molecule has 3 heterocycles. The average molecular weight is 291 g/mol. The third-order valence-electron chi connectivity index (χ3n) is 4.28. The standard InChI is InChI=1S/C14H21N5O2/c20-19(21)12-13(17-7-3-1-2-4-8-17)15-11-16-14(12)18-9-5-6-10-18/h11H,1-10H2. The molecule has 0 N–H and O–H groups in total. The first kappa shape index (κ1) is 14.0. The minimum Gasteiger partial charge on any atom is -0.351 e. The van der Waals surface area contributed by atoms with E-state index in [9.17, 15) is 10.1 Å². The molecule has 0 radical (unpaired) electrons. The molecule has 21 heavy (non-hydrogen) atoms. The Kier molecular flexibility index (Phi) is 4.17. The highest BCUT2D eigenvalue weighted by molar-refractivity contribution is 5.71. The van der Waals surface area contributed by atoms with Crippen LogP contribution < -0.4 is 9.80 Å². The third-order valence-corrected chi connectivity index (χ3v) is 4.28. The molecule has 0 aromatic carbocycles. The quantitative estimate of drug-likeness (QED) is 0.628. The molecule has 114 valence electrons. The van der Waals surface area contributed by atoms with Crippen LogP contribution in [0.25, 0.3) is 0 Å². The second-order valence-electron chi connectivity index (χ2n) is 5.72. The summed E-state index contributed by atoms with van der Waals surface area (Å²) in [7, 11) is 0. The molecular weight excluding hydrogens is 270 g/mol. The Morgan fingerprint density at radius 2 is 1.29 bits per heavy atom. The van der Waals surface area contributed by atoms with Crippen LogP contribution in [0.4, 0.5) is 17.3 Å². The molecule has 2 fully saturated rings. The van der Waals surface area contributed by atoms with Crippen LogP contribution in [0.3, 0.4) is 0 Å². The molecule has 2 aliphatic rings. The first-order valence-electron chi connectivity index (χ1n) is 7.76. The molecule has 1 aromatic rings. The van der Waals surface area contributed by atoms with E-state index in [1.54, 1.807) is 0 Å². The molecule has 0 saturated carbocycles. The molecule has 0 bridgehead atoms. The second kappa shape index (κ2) is 6.24. The van der Waals surface area contributed by atoms with Crippen LogP contribution in [0, 0.1) is 10.1 Å². The normalized spacial score (nSPS) is 19.6. The van der Waals surface area contributed by atoms with Crippen molar-refractivity contribution in [2.75, 3.05) is 36.0 Å². The van der Waals surface area contributed by atoms with Gasteiger partial charge in [-0.05, 0) is 25.7 Å². The number of nitrogens with zero attached hydrogens (tertiary/aromatic N) is 5. The molecule has 0 spiro atoms. The molecule has 0 aliphatic carbocycles. The molecular formula is C14H21N5O2. The van der Waals surface area contributed by atoms with Gasteiger partial charge < -0.3 is 9.80 Å². The van der Waals surface area contributed by atoms with E-state index in [0.29, 0.717) is 11.6 Å². The van der Waals surface area contributed by atoms with Gasteiger partial charge in [-0.2, -0.15) is 0 Å². The van der Waals surface area contributed by atoms with E-state index < -0.39 is 0 Å². The van der Waals surface area contributed by atoms with Crippen LogP contribution in [0.2, 0.25) is 0 Å². The van der Waals surface area contributed by atoms with Crippen molar-refractivity contribution in [1.29, 1.82) is 0 Å². The molecule has 0 atom stereocenters. The topological polar surface area (TPSA) is 75.4 Å². The van der Waals surface area contributed by atoms with Crippen molar-refractivity contribution in [3.63, 3.8) is 0 Å². The number of nitro groups is 1. The fraction of sp³-hybridized carbons (Fsp3) is 0.714. The van der Waals surface area contributed by atoms with Gasteiger partial charge in [-0.15, -0.1) is 0 Å². The highest BCUT2D eigenvalue weighted by Gasteiger charge is 2.31. The SMILES string of the molecule is O=[N+]([O-])c1c(N2CCCCCC2)ncnc1N1CCCC1. The lowest BCUT2D eigenvalue weighted by atomic mass is 10.2. The van der Waals surface area contributed by atoms with Gasteiger partial charge in [0.15, 0.2) is 0 Å². The van der Waals surface area contributed by atoms with Crippen LogP contribution in [0.1, 0.15) is 38.5 Å². The number of aromatic nitrogens is 2. The largest absolute Gasteiger partial charge is 0.353 e. The summed E-state index contributed by atoms with van der Waals surface area (Å²) in [5.74, 6) is 0.991. The highest BCUT2D eigenvalue weighted by Crippen LogP contribution is 2.36. The Morgan fingerprint density at radius 3 is 1.71 bits per heavy atom. The molecule has 2 aliphatic heterocycles. The van der Waals surface area contributed by atoms with Crippen LogP contribution in [0.15, 0.2) is 6.33 Å². The molecule has 0 amide bonds. The van der Waals surface area contributed by atoms with Crippen LogP contribution in [0.5, 0.6) is 0 Å². The van der Waals surface area contributed by atoms with E-state index >= 15 is 0 Å². The van der Waals surface area contributed by atoms with Crippen molar-refractivity contribution < 1.29 is 4.92 Å². The number of rotatable bonds is 3. The summed E-state index contributed by atoms with van der Waals surface area (Å²) in [6.45, 7) is 3.38. The number of anilines is 2. The fourth-order valence-corrected chi connectivity index (χ4v) is 3.20. The van der Waals surface area contributed by atoms with Crippen molar-refractivity contribution >= 4 is 17.3 Å². The van der Waals surface area contributed by atoms with Gasteiger partial charge in [-0.25, -0.2) is 9.97 Å². The maximum absolute atomic E-state index is 11.6. The van der Waals surface area contributed by atoms with E-state index in [1.165, 1.54) is 19.2 Å². The van der Waals surface area contributed by atoms with Crippen LogP contribution >= 0.6 is 0 Å². The van der Waals surface area contributed by atoms with E-state index in [1.807, 2.05) is 4.90 Å². The Labute approximate surface area is 124 Å². The van der Waals surface area contributed by atoms with Gasteiger partial charge in [-0.1, -0.05) is 12.8 Å². The van der Waals surface area contributed by atoms with Gasteiger partial charge >= 0.3 is 5.69 Å². The van der Waals surface area contributed by atoms with Crippen LogP contribution in [-0.4, -0.2) is 41.1 Å². The van der Waals surface area contributed by atoms with E-state index in [-0.39, 0.29) is 10.6 Å². The predicted molar refractivity (Wildman–Crippen MR) is 80.8 cm³/mol. The van der Waals surface area contributed by atoms with Gasteiger partial charge in [0.2, 0.25) is 11.6 Å². The maximum atomic E-state index is 11.6. The van der Waals surface area contributed by atoms with Gasteiger partial charge in [0, 0.05) is 26.2 Å². The molecule has 1 aromatic heterocycles. The molecule has 7 heteroatoms. The monoisotopic (exact) mass is 291 g/mol. The molecule has 7 nitrogen and oxygen atoms in total. The third kappa shape index (κ3) is 2.91. The van der Waals surface area contributed by atoms with Crippen molar-refractivity contribution in [1.82, 2.24) is 9.97 Å². The predicted octanol–water partition coefficient (Wildman–Crippen LogP) is 2.37. The van der Waals surface area contributed by atoms with Gasteiger partial charge in [0.1, 0.15) is 6.33 Å². The summed E-state index contributed by atoms with van der Waals surface area (Å²) < 4.78 is 0. The summed E-state index contributed by atoms with van der Waals surface area (Å²) in [5, 5.41) is 11.6. The summed E-state index contributed by atoms with van der Waals surface area (Å²) in [6, 6.07) is 0. The highest BCUT2D eigenvalue weighted by atomic mass is 16.6. The van der Waals surface area contributed by atoms with Crippen molar-refractivity contribution in [2.24, 2.45) is 0 Å². The summed E-state index contributed by atoms with van der Waals surface area (Å²) in [5.41, 5.74) is 0.0845. The summed E-state index contributed by atoms with van der Waals surface area (Å²) in [4.78, 5) is 23.8. The lowest BCUT2D eigenvalue weighted by molar-refractivity contribution is -0.383. The van der Waals surface area contributed by atoms with Crippen molar-refractivity contribution in [3.8, 4) is 0 Å². The number of hydrogen-bond acceptors (Lipinski definition) is 6. The molecule has 3 rings (SSSR count). The zero-order valence-electron chi connectivity index (χ0n) is 12.2. The fourth-order valence-electron chi connectivity index (χ4n) is 3.20. The molecule has 2 saturated heterocycles. The second-order valence-corrected chi connectivity index (χ2v) is 5.72. The Bertz CT molecular complexity index is 508. The minimum atomic E-state index is -0.312. The zero-order valence-corrected chi connectivity index (χ0v) is 12.2. The lowest BCUT2D eigenvalue weighted by Crippen LogP contribution is -2.28. The minimum absolute atomic E-state index is 0.0845. The first-order valence-corrected chi connectivity index (χ1v) is 7.76. The summed E-state index contributed by atoms with van der Waals surface area (Å²) >= 11 is 0. The van der Waals surface area contributed by atoms with Gasteiger partial charge in [-0.3, -0.25) is 10.1 Å². The zero-order chi connectivity index (χ0) is 14.7. The Balaban J connectivity index is 1.98. The lowest BCUT2D eigenvalue weighted by Gasteiger charge is -2.23. The van der Waals surface area contributed by atoms with Gasteiger partial charge in [0.05, 0.1) is 4.92 Å². The Hall–Kier alpha value is -1.92. The van der Waals surface area contributed by atoms with E-state index in [4.69, 9.17) is 0 Å². The molecule has 0 unspecified atom stereocenters. The smallest absolute Gasteiger partial charge is 0.351 e. The van der Waals surface area contributed by atoms with Crippen molar-refractivity contribution in [3.05, 3.63) is 16.4 Å². The number of hydrogen-bond donors (Lipinski definition) is 0. The van der Waals surface area contributed by atoms with Gasteiger partial charge in [0.25, 0.3) is 0 Å². The Morgan fingerprint density at radius 1 is 0.857 bits per heavy atom. The average Bonchev–Trinajstić information content (AvgIpc) is 2.89. The maximum Gasteiger partial charge on any atom is 0.353 e. The van der Waals surface area contributed by atoms with Crippen molar-refractivity contribution in [2.45, 2.75) is 38.5 Å². The first-order chi connectivity index (χ1) is 10.3. The van der Waals surface area contributed by atoms with E-state index in [0.717, 1.165) is 51.9 Å². The van der Waals surface area contributed by atoms with Crippen LogP contribution in [-0.2, 0) is 0 Å².